The second-order valence-corrected chi connectivity index (χ2v) is 5.48. The van der Waals surface area contributed by atoms with Crippen LogP contribution in [0.25, 0.3) is 0 Å². The van der Waals surface area contributed by atoms with E-state index in [1.165, 1.54) is 0 Å². The highest BCUT2D eigenvalue weighted by molar-refractivity contribution is 5.90. The lowest BCUT2D eigenvalue weighted by Crippen LogP contribution is -2.30. The number of hydrogen-bond donors (Lipinski definition) is 2. The molecule has 1 aromatic rings. The Labute approximate surface area is 125 Å². The quantitative estimate of drug-likeness (QED) is 0.804. The van der Waals surface area contributed by atoms with E-state index in [-0.39, 0.29) is 11.8 Å². The zero-order valence-corrected chi connectivity index (χ0v) is 12.7. The van der Waals surface area contributed by atoms with Gasteiger partial charge in [-0.05, 0) is 37.6 Å². The molecule has 21 heavy (non-hydrogen) atoms. The second-order valence-electron chi connectivity index (χ2n) is 5.48. The van der Waals surface area contributed by atoms with Gasteiger partial charge in [-0.3, -0.25) is 9.59 Å². The minimum absolute atomic E-state index is 0.000410. The van der Waals surface area contributed by atoms with Gasteiger partial charge in [0.1, 0.15) is 0 Å². The van der Waals surface area contributed by atoms with Crippen molar-refractivity contribution in [3.05, 3.63) is 29.8 Å². The Morgan fingerprint density at radius 2 is 1.90 bits per heavy atom. The predicted molar refractivity (Wildman–Crippen MR) is 82.9 cm³/mol. The fraction of sp³-hybridized carbons (Fsp3) is 0.500. The number of benzene rings is 1. The lowest BCUT2D eigenvalue weighted by Gasteiger charge is -2.20. The number of anilines is 1. The van der Waals surface area contributed by atoms with E-state index in [0.717, 1.165) is 24.1 Å². The average molecular weight is 289 g/mol. The molecule has 0 atom stereocenters. The number of rotatable bonds is 7. The molecule has 1 aromatic carbocycles. The van der Waals surface area contributed by atoms with Gasteiger partial charge in [-0.15, -0.1) is 0 Å². The van der Waals surface area contributed by atoms with Crippen molar-refractivity contribution >= 4 is 17.5 Å². The lowest BCUT2D eigenvalue weighted by atomic mass is 10.2. The van der Waals surface area contributed by atoms with Gasteiger partial charge in [-0.25, -0.2) is 0 Å². The topological polar surface area (TPSA) is 61.4 Å². The maximum absolute atomic E-state index is 11.6. The van der Waals surface area contributed by atoms with Gasteiger partial charge in [0.25, 0.3) is 0 Å². The van der Waals surface area contributed by atoms with Crippen molar-refractivity contribution in [1.82, 2.24) is 10.2 Å². The number of amides is 2. The van der Waals surface area contributed by atoms with E-state index in [2.05, 4.69) is 10.6 Å². The first kappa shape index (κ1) is 15.5. The summed E-state index contributed by atoms with van der Waals surface area (Å²) < 4.78 is 0. The minimum atomic E-state index is 0.000410. The Morgan fingerprint density at radius 3 is 2.43 bits per heavy atom. The molecule has 1 saturated carbocycles. The molecule has 2 rings (SSSR count). The van der Waals surface area contributed by atoms with Crippen LogP contribution < -0.4 is 10.6 Å². The Kier molecular flexibility index (Phi) is 5.33. The Hall–Kier alpha value is -1.88. The Bertz CT molecular complexity index is 495. The SMILES string of the molecule is CNCCC(=O)Nc1ccc(CN(C(C)=O)C2CC2)cc1. The van der Waals surface area contributed by atoms with Crippen molar-refractivity contribution in [1.29, 1.82) is 0 Å². The van der Waals surface area contributed by atoms with Gasteiger partial charge in [0.05, 0.1) is 0 Å². The first-order chi connectivity index (χ1) is 10.1. The maximum Gasteiger partial charge on any atom is 0.225 e. The molecule has 0 aromatic heterocycles. The summed E-state index contributed by atoms with van der Waals surface area (Å²) in [6, 6.07) is 8.12. The summed E-state index contributed by atoms with van der Waals surface area (Å²) >= 11 is 0. The first-order valence-electron chi connectivity index (χ1n) is 7.40. The molecule has 5 heteroatoms. The van der Waals surface area contributed by atoms with Gasteiger partial charge in [0.2, 0.25) is 11.8 Å². The normalized spacial score (nSPS) is 13.8. The highest BCUT2D eigenvalue weighted by atomic mass is 16.2. The Morgan fingerprint density at radius 1 is 1.24 bits per heavy atom. The summed E-state index contributed by atoms with van der Waals surface area (Å²) in [5.41, 5.74) is 1.88. The van der Waals surface area contributed by atoms with Gasteiger partial charge < -0.3 is 15.5 Å². The summed E-state index contributed by atoms with van der Waals surface area (Å²) in [4.78, 5) is 25.1. The third-order valence-corrected chi connectivity index (χ3v) is 3.58. The molecule has 0 bridgehead atoms. The van der Waals surface area contributed by atoms with Crippen LogP contribution in [0.5, 0.6) is 0 Å². The Balaban J connectivity index is 1.89. The molecule has 0 aliphatic heterocycles. The van der Waals surface area contributed by atoms with Crippen LogP contribution in [0.3, 0.4) is 0 Å². The number of nitrogens with one attached hydrogen (secondary N) is 2. The zero-order valence-electron chi connectivity index (χ0n) is 12.7. The summed E-state index contributed by atoms with van der Waals surface area (Å²) in [5, 5.41) is 5.80. The standard InChI is InChI=1S/C16H23N3O2/c1-12(20)19(15-7-8-15)11-13-3-5-14(6-4-13)18-16(21)9-10-17-2/h3-6,15,17H,7-11H2,1-2H3,(H,18,21). The van der Waals surface area contributed by atoms with Crippen LogP contribution in [0.15, 0.2) is 24.3 Å². The molecule has 0 spiro atoms. The van der Waals surface area contributed by atoms with Gasteiger partial charge in [0.15, 0.2) is 0 Å². The molecule has 1 fully saturated rings. The molecule has 1 aliphatic carbocycles. The smallest absolute Gasteiger partial charge is 0.225 e. The van der Waals surface area contributed by atoms with E-state index < -0.39 is 0 Å². The molecule has 2 N–H and O–H groups in total. The van der Waals surface area contributed by atoms with Gasteiger partial charge >= 0.3 is 0 Å². The van der Waals surface area contributed by atoms with Gasteiger partial charge in [-0.2, -0.15) is 0 Å². The molecule has 2 amide bonds. The van der Waals surface area contributed by atoms with Crippen LogP contribution in [-0.4, -0.2) is 36.3 Å². The van der Waals surface area contributed by atoms with E-state index >= 15 is 0 Å². The fourth-order valence-corrected chi connectivity index (χ4v) is 2.24. The lowest BCUT2D eigenvalue weighted by molar-refractivity contribution is -0.130. The molecule has 5 nitrogen and oxygen atoms in total. The predicted octanol–water partition coefficient (Wildman–Crippen LogP) is 1.75. The molecule has 1 aliphatic rings. The van der Waals surface area contributed by atoms with Crippen LogP contribution in [0, 0.1) is 0 Å². The van der Waals surface area contributed by atoms with Gasteiger partial charge in [0, 0.05) is 38.2 Å². The van der Waals surface area contributed by atoms with Crippen LogP contribution in [0.1, 0.15) is 31.7 Å². The summed E-state index contributed by atoms with van der Waals surface area (Å²) in [6.45, 7) is 2.93. The van der Waals surface area contributed by atoms with Crippen LogP contribution in [0.2, 0.25) is 0 Å². The van der Waals surface area contributed by atoms with Gasteiger partial charge in [-0.1, -0.05) is 12.1 Å². The van der Waals surface area contributed by atoms with E-state index in [4.69, 9.17) is 0 Å². The largest absolute Gasteiger partial charge is 0.336 e. The molecule has 0 unspecified atom stereocenters. The minimum Gasteiger partial charge on any atom is -0.336 e. The second kappa shape index (κ2) is 7.22. The third-order valence-electron chi connectivity index (χ3n) is 3.58. The van der Waals surface area contributed by atoms with Crippen LogP contribution >= 0.6 is 0 Å². The van der Waals surface area contributed by atoms with E-state index in [9.17, 15) is 9.59 Å². The van der Waals surface area contributed by atoms with Crippen molar-refractivity contribution in [2.45, 2.75) is 38.8 Å². The highest BCUT2D eigenvalue weighted by Crippen LogP contribution is 2.28. The van der Waals surface area contributed by atoms with Crippen molar-refractivity contribution in [3.8, 4) is 0 Å². The zero-order chi connectivity index (χ0) is 15.2. The van der Waals surface area contributed by atoms with Crippen molar-refractivity contribution < 1.29 is 9.59 Å². The number of carbonyl (C=O) groups is 2. The third kappa shape index (κ3) is 4.86. The molecule has 0 heterocycles. The highest BCUT2D eigenvalue weighted by Gasteiger charge is 2.30. The molecular weight excluding hydrogens is 266 g/mol. The van der Waals surface area contributed by atoms with E-state index in [1.54, 1.807) is 6.92 Å². The number of carbonyl (C=O) groups excluding carboxylic acids is 2. The number of nitrogens with zero attached hydrogens (tertiary/aromatic N) is 1. The summed E-state index contributed by atoms with van der Waals surface area (Å²) in [5.74, 6) is 0.127. The van der Waals surface area contributed by atoms with Crippen molar-refractivity contribution in [3.63, 3.8) is 0 Å². The summed E-state index contributed by atoms with van der Waals surface area (Å²) in [7, 11) is 1.82. The molecular formula is C16H23N3O2. The van der Waals surface area contributed by atoms with E-state index in [0.29, 0.717) is 25.6 Å². The monoisotopic (exact) mass is 289 g/mol. The van der Waals surface area contributed by atoms with Crippen molar-refractivity contribution in [2.75, 3.05) is 18.9 Å². The summed E-state index contributed by atoms with van der Waals surface area (Å²) in [6.07, 6.45) is 2.68. The van der Waals surface area contributed by atoms with Crippen molar-refractivity contribution in [2.24, 2.45) is 0 Å². The molecule has 0 saturated heterocycles. The number of hydrogen-bond acceptors (Lipinski definition) is 3. The van der Waals surface area contributed by atoms with Crippen LogP contribution in [-0.2, 0) is 16.1 Å². The fourth-order valence-electron chi connectivity index (χ4n) is 2.24. The molecule has 0 radical (unpaired) electrons. The molecule has 114 valence electrons. The average Bonchev–Trinajstić information content (AvgIpc) is 3.28. The maximum atomic E-state index is 11.6. The van der Waals surface area contributed by atoms with Crippen LogP contribution in [0.4, 0.5) is 5.69 Å². The van der Waals surface area contributed by atoms with E-state index in [1.807, 2.05) is 36.2 Å². The first-order valence-corrected chi connectivity index (χ1v) is 7.40.